The molecule has 118 valence electrons. The van der Waals surface area contributed by atoms with Crippen LogP contribution >= 0.6 is 0 Å². The molecule has 0 aromatic heterocycles. The molecule has 24 heavy (non-hydrogen) atoms. The molecule has 2 heterocycles. The standard InChI is InChI=1S/C19H19NO3.Na/c21-19(22)18-17(15-11-23-12-15)20(18)16(13-7-3-1-4-8-13)14-9-5-2-6-10-14;/h1-10,15-18H,11-12H2,(H,21,22);/q;+1/p-1/t17-,18+,20?;/m0./s1. The van der Waals surface area contributed by atoms with Crippen LogP contribution in [0.3, 0.4) is 0 Å². The van der Waals surface area contributed by atoms with E-state index in [4.69, 9.17) is 4.74 Å². The predicted molar refractivity (Wildman–Crippen MR) is 83.5 cm³/mol. The van der Waals surface area contributed by atoms with Gasteiger partial charge in [0.1, 0.15) is 0 Å². The number of aliphatic carboxylic acids is 1. The Hall–Kier alpha value is -1.17. The van der Waals surface area contributed by atoms with E-state index < -0.39 is 12.0 Å². The fourth-order valence-corrected chi connectivity index (χ4v) is 3.62. The van der Waals surface area contributed by atoms with Gasteiger partial charge >= 0.3 is 29.6 Å². The normalized spacial score (nSPS) is 25.6. The van der Waals surface area contributed by atoms with Crippen molar-refractivity contribution in [1.29, 1.82) is 0 Å². The van der Waals surface area contributed by atoms with Crippen LogP contribution in [-0.2, 0) is 9.53 Å². The maximum Gasteiger partial charge on any atom is 1.00 e. The number of carboxylic acid groups (broad SMARTS) is 1. The number of carbonyl (C=O) groups excluding carboxylic acids is 1. The number of hydrogen-bond donors (Lipinski definition) is 0. The molecule has 0 spiro atoms. The fraction of sp³-hybridized carbons (Fsp3) is 0.316. The molecule has 1 unspecified atom stereocenters. The molecule has 0 bridgehead atoms. The van der Waals surface area contributed by atoms with E-state index in [0.29, 0.717) is 13.2 Å². The Morgan fingerprint density at radius 2 is 1.50 bits per heavy atom. The largest absolute Gasteiger partial charge is 1.00 e. The molecule has 2 aromatic carbocycles. The van der Waals surface area contributed by atoms with Crippen molar-refractivity contribution in [2.75, 3.05) is 13.2 Å². The Labute approximate surface area is 163 Å². The summed E-state index contributed by atoms with van der Waals surface area (Å²) < 4.78 is 5.26. The number of hydrogen-bond acceptors (Lipinski definition) is 4. The maximum atomic E-state index is 11.6. The van der Waals surface area contributed by atoms with Gasteiger partial charge in [0.15, 0.2) is 0 Å². The van der Waals surface area contributed by atoms with Crippen LogP contribution in [0.1, 0.15) is 17.2 Å². The van der Waals surface area contributed by atoms with Gasteiger partial charge in [0, 0.05) is 12.0 Å². The minimum Gasteiger partial charge on any atom is -0.548 e. The van der Waals surface area contributed by atoms with Gasteiger partial charge in [-0.25, -0.2) is 0 Å². The monoisotopic (exact) mass is 331 g/mol. The zero-order valence-electron chi connectivity index (χ0n) is 13.7. The van der Waals surface area contributed by atoms with Crippen LogP contribution in [0.2, 0.25) is 0 Å². The summed E-state index contributed by atoms with van der Waals surface area (Å²) in [5.41, 5.74) is 2.21. The van der Waals surface area contributed by atoms with Crippen molar-refractivity contribution in [3.63, 3.8) is 0 Å². The number of carboxylic acids is 1. The number of benzene rings is 2. The summed E-state index contributed by atoms with van der Waals surface area (Å²) in [6, 6.07) is 19.5. The molecular formula is C19H18NNaO3. The third kappa shape index (κ3) is 3.17. The first-order chi connectivity index (χ1) is 11.3. The minimum absolute atomic E-state index is 0. The first-order valence-electron chi connectivity index (χ1n) is 7.93. The number of carbonyl (C=O) groups is 1. The first-order valence-corrected chi connectivity index (χ1v) is 7.93. The zero-order valence-corrected chi connectivity index (χ0v) is 15.7. The van der Waals surface area contributed by atoms with E-state index in [1.807, 2.05) is 36.4 Å². The zero-order chi connectivity index (χ0) is 15.8. The van der Waals surface area contributed by atoms with Crippen LogP contribution in [0.4, 0.5) is 0 Å². The molecule has 4 nitrogen and oxygen atoms in total. The number of nitrogens with zero attached hydrogens (tertiary/aromatic N) is 1. The Bertz CT molecular complexity index is 651. The summed E-state index contributed by atoms with van der Waals surface area (Å²) in [6.45, 7) is 1.28. The SMILES string of the molecule is O=C([O-])[C@H]1[C@H](C2COC2)N1C(c1ccccc1)c1ccccc1.[Na+]. The molecule has 2 aliphatic rings. The molecule has 2 saturated heterocycles. The van der Waals surface area contributed by atoms with E-state index in [1.54, 1.807) is 0 Å². The van der Waals surface area contributed by atoms with E-state index >= 15 is 0 Å². The third-order valence-electron chi connectivity index (χ3n) is 4.82. The Morgan fingerprint density at radius 1 is 1.00 bits per heavy atom. The van der Waals surface area contributed by atoms with Crippen molar-refractivity contribution in [1.82, 2.24) is 4.90 Å². The molecule has 4 rings (SSSR count). The van der Waals surface area contributed by atoms with Crippen LogP contribution in [0.25, 0.3) is 0 Å². The molecule has 0 N–H and O–H groups in total. The average Bonchev–Trinajstić information content (AvgIpc) is 3.23. The molecule has 2 aromatic rings. The quantitative estimate of drug-likeness (QED) is 0.481. The van der Waals surface area contributed by atoms with Gasteiger partial charge in [0.05, 0.1) is 31.3 Å². The number of rotatable bonds is 5. The summed E-state index contributed by atoms with van der Waals surface area (Å²) in [7, 11) is 0. The first kappa shape index (κ1) is 17.6. The van der Waals surface area contributed by atoms with Crippen molar-refractivity contribution >= 4 is 5.97 Å². The van der Waals surface area contributed by atoms with E-state index in [-0.39, 0.29) is 47.6 Å². The van der Waals surface area contributed by atoms with Crippen molar-refractivity contribution in [2.24, 2.45) is 5.92 Å². The van der Waals surface area contributed by atoms with Crippen LogP contribution in [0.15, 0.2) is 60.7 Å². The molecule has 2 aliphatic heterocycles. The molecule has 0 radical (unpaired) electrons. The fourth-order valence-electron chi connectivity index (χ4n) is 3.62. The topological polar surface area (TPSA) is 52.4 Å². The van der Waals surface area contributed by atoms with Crippen LogP contribution in [0, 0.1) is 5.92 Å². The maximum absolute atomic E-state index is 11.6. The molecule has 0 amide bonds. The van der Waals surface area contributed by atoms with E-state index in [0.717, 1.165) is 11.1 Å². The molecule has 0 saturated carbocycles. The Morgan fingerprint density at radius 3 is 1.88 bits per heavy atom. The van der Waals surface area contributed by atoms with Crippen molar-refractivity contribution in [3.8, 4) is 0 Å². The summed E-state index contributed by atoms with van der Waals surface area (Å²) >= 11 is 0. The average molecular weight is 331 g/mol. The van der Waals surface area contributed by atoms with E-state index in [2.05, 4.69) is 29.2 Å². The van der Waals surface area contributed by atoms with Crippen molar-refractivity contribution in [3.05, 3.63) is 71.8 Å². The van der Waals surface area contributed by atoms with Crippen molar-refractivity contribution < 1.29 is 44.2 Å². The van der Waals surface area contributed by atoms with Gasteiger partial charge in [-0.05, 0) is 11.1 Å². The molecule has 2 fully saturated rings. The van der Waals surface area contributed by atoms with Gasteiger partial charge < -0.3 is 14.6 Å². The van der Waals surface area contributed by atoms with Crippen LogP contribution < -0.4 is 34.7 Å². The second-order valence-electron chi connectivity index (χ2n) is 6.22. The predicted octanol–water partition coefficient (Wildman–Crippen LogP) is -1.77. The summed E-state index contributed by atoms with van der Waals surface area (Å²) in [4.78, 5) is 13.7. The minimum atomic E-state index is -0.987. The van der Waals surface area contributed by atoms with Crippen LogP contribution in [-0.4, -0.2) is 36.2 Å². The van der Waals surface area contributed by atoms with Gasteiger partial charge in [-0.3, -0.25) is 4.90 Å². The second kappa shape index (κ2) is 7.38. The number of ether oxygens (including phenoxy) is 1. The van der Waals surface area contributed by atoms with Gasteiger partial charge in [-0.2, -0.15) is 0 Å². The Kier molecular flexibility index (Phi) is 5.42. The summed E-state index contributed by atoms with van der Waals surface area (Å²) in [5, 5.41) is 11.6. The smallest absolute Gasteiger partial charge is 0.548 e. The van der Waals surface area contributed by atoms with Crippen molar-refractivity contribution in [2.45, 2.75) is 18.1 Å². The summed E-state index contributed by atoms with van der Waals surface area (Å²) in [5.74, 6) is -0.702. The molecule has 3 atom stereocenters. The molecule has 5 heteroatoms. The van der Waals surface area contributed by atoms with Gasteiger partial charge in [0.25, 0.3) is 0 Å². The van der Waals surface area contributed by atoms with Gasteiger partial charge in [-0.1, -0.05) is 60.7 Å². The van der Waals surface area contributed by atoms with Crippen LogP contribution in [0.5, 0.6) is 0 Å². The van der Waals surface area contributed by atoms with E-state index in [1.165, 1.54) is 0 Å². The molecular weight excluding hydrogens is 313 g/mol. The molecule has 0 aliphatic carbocycles. The van der Waals surface area contributed by atoms with Gasteiger partial charge in [-0.15, -0.1) is 0 Å². The Balaban J connectivity index is 0.00000169. The summed E-state index contributed by atoms with van der Waals surface area (Å²) in [6.07, 6.45) is 0. The van der Waals surface area contributed by atoms with E-state index in [9.17, 15) is 9.90 Å². The second-order valence-corrected chi connectivity index (χ2v) is 6.22. The third-order valence-corrected chi connectivity index (χ3v) is 4.82. The van der Waals surface area contributed by atoms with Gasteiger partial charge in [0.2, 0.25) is 0 Å².